The quantitative estimate of drug-likeness (QED) is 0.514. The lowest BCUT2D eigenvalue weighted by molar-refractivity contribution is -0.383. The van der Waals surface area contributed by atoms with E-state index < -0.39 is 4.92 Å². The Morgan fingerprint density at radius 2 is 1.85 bits per heavy atom. The van der Waals surface area contributed by atoms with Gasteiger partial charge in [-0.05, 0) is 18.4 Å². The molecular formula is C17H20N6O3. The average molecular weight is 356 g/mol. The second-order valence-electron chi connectivity index (χ2n) is 6.14. The van der Waals surface area contributed by atoms with Gasteiger partial charge in [0.05, 0.1) is 11.3 Å². The van der Waals surface area contributed by atoms with E-state index in [1.807, 2.05) is 30.3 Å². The highest BCUT2D eigenvalue weighted by Gasteiger charge is 2.26. The van der Waals surface area contributed by atoms with Gasteiger partial charge in [-0.15, -0.1) is 0 Å². The van der Waals surface area contributed by atoms with Crippen molar-refractivity contribution in [3.05, 3.63) is 52.3 Å². The Hall–Kier alpha value is -3.23. The third-order valence-electron chi connectivity index (χ3n) is 4.23. The van der Waals surface area contributed by atoms with E-state index in [9.17, 15) is 14.9 Å². The van der Waals surface area contributed by atoms with Gasteiger partial charge in [0, 0.05) is 6.04 Å². The molecule has 26 heavy (non-hydrogen) atoms. The summed E-state index contributed by atoms with van der Waals surface area (Å²) >= 11 is 0. The lowest BCUT2D eigenvalue weighted by Gasteiger charge is -2.14. The van der Waals surface area contributed by atoms with Crippen LogP contribution >= 0.6 is 0 Å². The number of carbonyl (C=O) groups excluding carboxylic acids is 1. The first kappa shape index (κ1) is 17.6. The van der Waals surface area contributed by atoms with Crippen LogP contribution in [-0.2, 0) is 11.2 Å². The van der Waals surface area contributed by atoms with E-state index in [4.69, 9.17) is 0 Å². The summed E-state index contributed by atoms with van der Waals surface area (Å²) in [7, 11) is 0. The third-order valence-corrected chi connectivity index (χ3v) is 4.23. The van der Waals surface area contributed by atoms with Gasteiger partial charge in [0.15, 0.2) is 0 Å². The molecule has 9 heteroatoms. The van der Waals surface area contributed by atoms with Crippen LogP contribution in [0, 0.1) is 10.1 Å². The molecule has 136 valence electrons. The fourth-order valence-electron chi connectivity index (χ4n) is 2.97. The fourth-order valence-corrected chi connectivity index (χ4v) is 2.97. The second kappa shape index (κ2) is 8.24. The van der Waals surface area contributed by atoms with E-state index in [0.29, 0.717) is 0 Å². The molecule has 1 aliphatic rings. The first-order chi connectivity index (χ1) is 12.6. The number of hydrogen-bond acceptors (Lipinski definition) is 7. The largest absolute Gasteiger partial charge is 0.361 e. The second-order valence-corrected chi connectivity index (χ2v) is 6.14. The molecule has 0 aliphatic heterocycles. The summed E-state index contributed by atoms with van der Waals surface area (Å²) in [6, 6.07) is 9.37. The van der Waals surface area contributed by atoms with Crippen molar-refractivity contribution >= 4 is 23.2 Å². The van der Waals surface area contributed by atoms with Crippen molar-refractivity contribution in [2.45, 2.75) is 38.1 Å². The predicted molar refractivity (Wildman–Crippen MR) is 96.5 cm³/mol. The van der Waals surface area contributed by atoms with Gasteiger partial charge in [0.25, 0.3) is 0 Å². The number of nitrogens with zero attached hydrogens (tertiary/aromatic N) is 3. The van der Waals surface area contributed by atoms with Crippen molar-refractivity contribution in [1.82, 2.24) is 15.4 Å². The van der Waals surface area contributed by atoms with E-state index in [1.54, 1.807) is 0 Å². The van der Waals surface area contributed by atoms with Crippen LogP contribution in [0.4, 0.5) is 17.3 Å². The van der Waals surface area contributed by atoms with Crippen molar-refractivity contribution in [3.63, 3.8) is 0 Å². The van der Waals surface area contributed by atoms with Crippen LogP contribution in [-0.4, -0.2) is 26.8 Å². The number of anilines is 2. The molecule has 1 saturated carbocycles. The summed E-state index contributed by atoms with van der Waals surface area (Å²) in [5, 5.41) is 14.6. The maximum atomic E-state index is 12.0. The molecule has 0 radical (unpaired) electrons. The summed E-state index contributed by atoms with van der Waals surface area (Å²) in [6.07, 6.45) is 5.49. The molecule has 2 aromatic rings. The Kier molecular flexibility index (Phi) is 5.57. The van der Waals surface area contributed by atoms with Crippen molar-refractivity contribution in [3.8, 4) is 0 Å². The fraction of sp³-hybridized carbons (Fsp3) is 0.353. The molecule has 1 amide bonds. The topological polar surface area (TPSA) is 122 Å². The Bertz CT molecular complexity index is 777. The summed E-state index contributed by atoms with van der Waals surface area (Å²) in [6.45, 7) is 0. The zero-order valence-corrected chi connectivity index (χ0v) is 14.1. The molecule has 0 atom stereocenters. The van der Waals surface area contributed by atoms with Crippen molar-refractivity contribution < 1.29 is 9.72 Å². The highest BCUT2D eigenvalue weighted by Crippen LogP contribution is 2.31. The van der Waals surface area contributed by atoms with Gasteiger partial charge >= 0.3 is 5.69 Å². The molecule has 0 bridgehead atoms. The first-order valence-corrected chi connectivity index (χ1v) is 8.48. The molecule has 1 aromatic heterocycles. The number of hydrogen-bond donors (Lipinski definition) is 3. The molecule has 0 spiro atoms. The smallest absolute Gasteiger partial charge is 0.354 e. The Morgan fingerprint density at radius 3 is 2.54 bits per heavy atom. The lowest BCUT2D eigenvalue weighted by atomic mass is 10.1. The van der Waals surface area contributed by atoms with E-state index in [1.165, 1.54) is 6.33 Å². The first-order valence-electron chi connectivity index (χ1n) is 8.48. The molecule has 1 fully saturated rings. The maximum absolute atomic E-state index is 12.0. The Morgan fingerprint density at radius 1 is 1.15 bits per heavy atom. The van der Waals surface area contributed by atoms with Gasteiger partial charge in [-0.3, -0.25) is 25.8 Å². The number of carbonyl (C=O) groups is 1. The molecule has 1 aliphatic carbocycles. The molecule has 3 N–H and O–H groups in total. The van der Waals surface area contributed by atoms with Crippen molar-refractivity contribution in [1.29, 1.82) is 0 Å². The molecule has 1 aromatic carbocycles. The third kappa shape index (κ3) is 4.44. The molecule has 9 nitrogen and oxygen atoms in total. The molecule has 1 heterocycles. The van der Waals surface area contributed by atoms with Gasteiger partial charge in [-0.1, -0.05) is 43.2 Å². The number of nitrogens with one attached hydrogen (secondary N) is 3. The number of aromatic nitrogens is 2. The Balaban J connectivity index is 1.68. The lowest BCUT2D eigenvalue weighted by Crippen LogP contribution is -2.31. The van der Waals surface area contributed by atoms with Gasteiger partial charge in [-0.25, -0.2) is 9.97 Å². The van der Waals surface area contributed by atoms with Crippen LogP contribution in [0.5, 0.6) is 0 Å². The van der Waals surface area contributed by atoms with Gasteiger partial charge in [-0.2, -0.15) is 0 Å². The van der Waals surface area contributed by atoms with E-state index in [-0.39, 0.29) is 35.7 Å². The van der Waals surface area contributed by atoms with Crippen molar-refractivity contribution in [2.24, 2.45) is 0 Å². The average Bonchev–Trinajstić information content (AvgIpc) is 3.13. The minimum atomic E-state index is -0.553. The summed E-state index contributed by atoms with van der Waals surface area (Å²) in [5.41, 5.74) is 5.56. The number of benzene rings is 1. The number of nitro groups is 1. The molecular weight excluding hydrogens is 336 g/mol. The van der Waals surface area contributed by atoms with Crippen LogP contribution in [0.1, 0.15) is 31.2 Å². The van der Waals surface area contributed by atoms with Crippen LogP contribution < -0.4 is 16.2 Å². The van der Waals surface area contributed by atoms with Crippen molar-refractivity contribution in [2.75, 3.05) is 10.7 Å². The maximum Gasteiger partial charge on any atom is 0.354 e. The SMILES string of the molecule is O=C(Cc1ccccc1)NNc1ncnc(NC2CCCC2)c1[N+](=O)[O-]. The zero-order valence-electron chi connectivity index (χ0n) is 14.1. The van der Waals surface area contributed by atoms with Gasteiger partial charge in [0.1, 0.15) is 6.33 Å². The standard InChI is InChI=1S/C17H20N6O3/c24-14(10-12-6-2-1-3-7-12)21-22-17-15(23(25)26)16(18-11-19-17)20-13-8-4-5-9-13/h1-3,6-7,11,13H,4-5,8-10H2,(H,21,24)(H2,18,19,20,22). The Labute approximate surface area is 150 Å². The van der Waals surface area contributed by atoms with Crippen LogP contribution in [0.15, 0.2) is 36.7 Å². The number of hydrazine groups is 1. The number of amides is 1. The number of rotatable bonds is 7. The highest BCUT2D eigenvalue weighted by atomic mass is 16.6. The normalized spacial score (nSPS) is 14.0. The minimum absolute atomic E-state index is 0.0492. The van der Waals surface area contributed by atoms with E-state index in [0.717, 1.165) is 31.2 Å². The molecule has 0 unspecified atom stereocenters. The highest BCUT2D eigenvalue weighted by molar-refractivity contribution is 5.81. The van der Waals surface area contributed by atoms with E-state index in [2.05, 4.69) is 26.1 Å². The van der Waals surface area contributed by atoms with Gasteiger partial charge < -0.3 is 5.32 Å². The summed E-state index contributed by atoms with van der Waals surface area (Å²) < 4.78 is 0. The van der Waals surface area contributed by atoms with Crippen LogP contribution in [0.2, 0.25) is 0 Å². The summed E-state index contributed by atoms with van der Waals surface area (Å²) in [5.74, 6) is -0.210. The monoisotopic (exact) mass is 356 g/mol. The minimum Gasteiger partial charge on any atom is -0.361 e. The molecule has 0 saturated heterocycles. The van der Waals surface area contributed by atoms with Gasteiger partial charge in [0.2, 0.25) is 17.5 Å². The predicted octanol–water partition coefficient (Wildman–Crippen LogP) is 2.43. The zero-order chi connectivity index (χ0) is 18.4. The van der Waals surface area contributed by atoms with E-state index >= 15 is 0 Å². The summed E-state index contributed by atoms with van der Waals surface area (Å²) in [4.78, 5) is 30.9. The molecule has 3 rings (SSSR count). The van der Waals surface area contributed by atoms with Crippen LogP contribution in [0.3, 0.4) is 0 Å². The van der Waals surface area contributed by atoms with Crippen LogP contribution in [0.25, 0.3) is 0 Å².